The van der Waals surface area contributed by atoms with E-state index in [2.05, 4.69) is 53.2 Å². The molecule has 0 aromatic heterocycles. The van der Waals surface area contributed by atoms with E-state index in [1.807, 2.05) is 6.08 Å². The molecule has 1 unspecified atom stereocenters. The number of hydrogen-bond acceptors (Lipinski definition) is 3. The normalized spacial score (nSPS) is 22.7. The number of fused-ring (bicyclic) bond motifs is 4. The molecule has 114 valence electrons. The Labute approximate surface area is 142 Å². The van der Waals surface area contributed by atoms with E-state index in [0.717, 1.165) is 19.5 Å². The molecule has 2 heterocycles. The van der Waals surface area contributed by atoms with Gasteiger partial charge in [-0.2, -0.15) is 0 Å². The summed E-state index contributed by atoms with van der Waals surface area (Å²) in [6.07, 6.45) is 17.2. The van der Waals surface area contributed by atoms with Crippen molar-refractivity contribution in [1.82, 2.24) is 9.80 Å². The van der Waals surface area contributed by atoms with Crippen LogP contribution in [0, 0.1) is 6.08 Å². The summed E-state index contributed by atoms with van der Waals surface area (Å²) in [5, 5.41) is 9.55. The zero-order chi connectivity index (χ0) is 14.4. The first-order valence-corrected chi connectivity index (χ1v) is 7.57. The maximum atomic E-state index is 9.55. The van der Waals surface area contributed by atoms with E-state index in [0.29, 0.717) is 0 Å². The molecule has 1 fully saturated rings. The molecular formula is C18H19BrN2O. The first-order chi connectivity index (χ1) is 10.3. The summed E-state index contributed by atoms with van der Waals surface area (Å²) in [4.78, 5) is 4.73. The Morgan fingerprint density at radius 3 is 3.00 bits per heavy atom. The molecule has 3 nitrogen and oxygen atoms in total. The van der Waals surface area contributed by atoms with Crippen LogP contribution in [-0.4, -0.2) is 40.6 Å². The minimum atomic E-state index is 0. The molecule has 0 aromatic rings. The second-order valence-corrected chi connectivity index (χ2v) is 5.82. The van der Waals surface area contributed by atoms with Crippen LogP contribution in [0.25, 0.3) is 0 Å². The van der Waals surface area contributed by atoms with Crippen LogP contribution in [0.15, 0.2) is 64.7 Å². The lowest BCUT2D eigenvalue weighted by Crippen LogP contribution is -3.00. The Morgan fingerprint density at radius 1 is 1.32 bits per heavy atom. The number of rotatable bonds is 2. The van der Waals surface area contributed by atoms with E-state index in [1.165, 1.54) is 28.2 Å². The molecule has 4 rings (SSSR count). The van der Waals surface area contributed by atoms with Crippen LogP contribution < -0.4 is 17.0 Å². The van der Waals surface area contributed by atoms with Gasteiger partial charge in [0.2, 0.25) is 0 Å². The molecule has 0 saturated carbocycles. The van der Waals surface area contributed by atoms with Crippen LogP contribution in [0.1, 0.15) is 13.3 Å². The monoisotopic (exact) mass is 358 g/mol. The molecule has 0 bridgehead atoms. The maximum absolute atomic E-state index is 9.55. The lowest BCUT2D eigenvalue weighted by molar-refractivity contribution is -0.00000509. The standard InChI is InChI=1S/C18H19N2O.BrH/c1-13(12-21)19-10-11-20-17-9-5-4-7-15(17)14-6-2-3-8-16(14)18(19)20;/h2-5,8-9,13,21H,7,10-12H2,1H3;1H/q+1;/p-1. The Hall–Kier alpha value is -1.61. The second-order valence-electron chi connectivity index (χ2n) is 5.82. The van der Waals surface area contributed by atoms with Gasteiger partial charge in [-0.15, -0.1) is 0 Å². The Kier molecular flexibility index (Phi) is 4.09. The van der Waals surface area contributed by atoms with Crippen molar-refractivity contribution in [2.45, 2.75) is 19.4 Å². The van der Waals surface area contributed by atoms with E-state index in [1.54, 1.807) is 0 Å². The number of nitrogens with zero attached hydrogens (tertiary/aromatic N) is 2. The summed E-state index contributed by atoms with van der Waals surface area (Å²) in [7, 11) is 0. The summed E-state index contributed by atoms with van der Waals surface area (Å²) in [5.41, 5.74) is 5.14. The number of hydrogen-bond donors (Lipinski definition) is 1. The van der Waals surface area contributed by atoms with Gasteiger partial charge in [0.25, 0.3) is 0 Å². The first-order valence-electron chi connectivity index (χ1n) is 7.57. The van der Waals surface area contributed by atoms with Gasteiger partial charge in [0.05, 0.1) is 30.0 Å². The van der Waals surface area contributed by atoms with Gasteiger partial charge < -0.3 is 31.9 Å². The highest BCUT2D eigenvalue weighted by Crippen LogP contribution is 2.43. The molecule has 2 aliphatic carbocycles. The summed E-state index contributed by atoms with van der Waals surface area (Å²) >= 11 is 0. The zero-order valence-corrected chi connectivity index (χ0v) is 14.2. The third-order valence-corrected chi connectivity index (χ3v) is 4.60. The lowest BCUT2D eigenvalue weighted by Gasteiger charge is -2.33. The molecular weight excluding hydrogens is 340 g/mol. The average Bonchev–Trinajstić information content (AvgIpc) is 3.00. The smallest absolute Gasteiger partial charge is 0.164 e. The largest absolute Gasteiger partial charge is 1.00 e. The van der Waals surface area contributed by atoms with Gasteiger partial charge in [-0.25, -0.2) is 0 Å². The molecule has 0 aromatic carbocycles. The van der Waals surface area contributed by atoms with Crippen molar-refractivity contribution in [3.8, 4) is 0 Å². The van der Waals surface area contributed by atoms with E-state index in [-0.39, 0.29) is 29.6 Å². The van der Waals surface area contributed by atoms with Gasteiger partial charge in [0.15, 0.2) is 11.4 Å². The van der Waals surface area contributed by atoms with Crippen molar-refractivity contribution >= 4 is 0 Å². The van der Waals surface area contributed by atoms with E-state index in [4.69, 9.17) is 0 Å². The van der Waals surface area contributed by atoms with Crippen LogP contribution in [0.2, 0.25) is 0 Å². The van der Waals surface area contributed by atoms with Crippen molar-refractivity contribution in [1.29, 1.82) is 0 Å². The lowest BCUT2D eigenvalue weighted by atomic mass is 9.87. The first kappa shape index (κ1) is 15.3. The van der Waals surface area contributed by atoms with Gasteiger partial charge in [0, 0.05) is 37.7 Å². The van der Waals surface area contributed by atoms with Gasteiger partial charge in [-0.3, -0.25) is 0 Å². The van der Waals surface area contributed by atoms with Crippen LogP contribution in [0.3, 0.4) is 0 Å². The summed E-state index contributed by atoms with van der Waals surface area (Å²) in [6.45, 7) is 4.20. The van der Waals surface area contributed by atoms with Crippen molar-refractivity contribution in [2.75, 3.05) is 19.7 Å². The van der Waals surface area contributed by atoms with Gasteiger partial charge in [0.1, 0.15) is 5.57 Å². The zero-order valence-electron chi connectivity index (χ0n) is 12.6. The molecule has 1 N–H and O–H groups in total. The topological polar surface area (TPSA) is 26.7 Å². The van der Waals surface area contributed by atoms with Crippen molar-refractivity contribution < 1.29 is 22.1 Å². The molecule has 0 spiro atoms. The SMILES string of the molecule is CC(CO)N1CCN2C3=CC=CCC3=C3[C+]=CC=CC3=C21.[Br-]. The van der Waals surface area contributed by atoms with E-state index in [9.17, 15) is 5.11 Å². The van der Waals surface area contributed by atoms with Gasteiger partial charge in [-0.05, 0) is 13.0 Å². The van der Waals surface area contributed by atoms with Crippen LogP contribution in [-0.2, 0) is 0 Å². The average molecular weight is 359 g/mol. The Morgan fingerprint density at radius 2 is 2.18 bits per heavy atom. The van der Waals surface area contributed by atoms with Crippen LogP contribution >= 0.6 is 0 Å². The number of allylic oxidation sites excluding steroid dienone is 10. The third kappa shape index (κ3) is 2.11. The molecule has 4 aliphatic rings. The third-order valence-electron chi connectivity index (χ3n) is 4.60. The second kappa shape index (κ2) is 5.88. The van der Waals surface area contributed by atoms with E-state index < -0.39 is 0 Å². The van der Waals surface area contributed by atoms with E-state index >= 15 is 0 Å². The molecule has 0 radical (unpaired) electrons. The molecule has 1 saturated heterocycles. The summed E-state index contributed by atoms with van der Waals surface area (Å²) in [5.74, 6) is 1.23. The fourth-order valence-corrected chi connectivity index (χ4v) is 3.54. The van der Waals surface area contributed by atoms with Crippen molar-refractivity contribution in [3.63, 3.8) is 0 Å². The maximum Gasteiger partial charge on any atom is 0.164 e. The predicted molar refractivity (Wildman–Crippen MR) is 82.8 cm³/mol. The number of halogens is 1. The fourth-order valence-electron chi connectivity index (χ4n) is 3.54. The molecule has 4 heteroatoms. The summed E-state index contributed by atoms with van der Waals surface area (Å²) < 4.78 is 0. The highest BCUT2D eigenvalue weighted by Gasteiger charge is 2.42. The quantitative estimate of drug-likeness (QED) is 0.660. The summed E-state index contributed by atoms with van der Waals surface area (Å²) in [6, 6.07) is 0.138. The fraction of sp³-hybridized carbons (Fsp3) is 0.333. The Balaban J connectivity index is 0.00000144. The number of aliphatic hydroxyl groups excluding tert-OH is 1. The Bertz CT molecular complexity index is 667. The van der Waals surface area contributed by atoms with Gasteiger partial charge >= 0.3 is 0 Å². The van der Waals surface area contributed by atoms with Crippen LogP contribution in [0.5, 0.6) is 0 Å². The highest BCUT2D eigenvalue weighted by atomic mass is 79.9. The molecule has 2 aliphatic heterocycles. The molecule has 0 amide bonds. The van der Waals surface area contributed by atoms with Crippen molar-refractivity contribution in [3.05, 3.63) is 70.8 Å². The predicted octanol–water partition coefficient (Wildman–Crippen LogP) is -0.716. The highest BCUT2D eigenvalue weighted by molar-refractivity contribution is 5.62. The molecule has 1 atom stereocenters. The number of aliphatic hydroxyl groups is 1. The van der Waals surface area contributed by atoms with Gasteiger partial charge in [-0.1, -0.05) is 12.2 Å². The minimum absolute atomic E-state index is 0. The van der Waals surface area contributed by atoms with Crippen LogP contribution in [0.4, 0.5) is 0 Å². The molecule has 22 heavy (non-hydrogen) atoms. The minimum Gasteiger partial charge on any atom is -1.00 e. The van der Waals surface area contributed by atoms with Crippen molar-refractivity contribution in [2.24, 2.45) is 0 Å².